The number of benzene rings is 2. The number of carbonyl (C=O) groups excluding carboxylic acids is 1. The van der Waals surface area contributed by atoms with Crippen molar-refractivity contribution in [3.05, 3.63) is 63.1 Å². The Labute approximate surface area is 168 Å². The quantitative estimate of drug-likeness (QED) is 0.341. The molecule has 0 radical (unpaired) electrons. The van der Waals surface area contributed by atoms with Gasteiger partial charge in [0.15, 0.2) is 0 Å². The predicted molar refractivity (Wildman–Crippen MR) is 108 cm³/mol. The minimum Gasteiger partial charge on any atom is -0.492 e. The first-order chi connectivity index (χ1) is 12.5. The number of amides is 1. The summed E-state index contributed by atoms with van der Waals surface area (Å²) in [5.41, 5.74) is 4.23. The van der Waals surface area contributed by atoms with E-state index in [9.17, 15) is 4.79 Å². The van der Waals surface area contributed by atoms with Gasteiger partial charge >= 0.3 is 0 Å². The van der Waals surface area contributed by atoms with Gasteiger partial charge in [-0.25, -0.2) is 5.43 Å². The number of hydrogen-bond acceptors (Lipinski definition) is 3. The molecule has 2 rings (SSSR count). The van der Waals surface area contributed by atoms with Crippen molar-refractivity contribution in [1.29, 1.82) is 0 Å². The second-order valence-electron chi connectivity index (χ2n) is 5.48. The van der Waals surface area contributed by atoms with Gasteiger partial charge in [-0.05, 0) is 48.7 Å². The summed E-state index contributed by atoms with van der Waals surface area (Å²) in [7, 11) is 0. The largest absolute Gasteiger partial charge is 0.492 e. The second kappa shape index (κ2) is 10.4. The highest BCUT2D eigenvalue weighted by Crippen LogP contribution is 2.27. The molecule has 1 N–H and O–H groups in total. The molecule has 1 amide bonds. The van der Waals surface area contributed by atoms with Crippen LogP contribution in [-0.2, 0) is 4.79 Å². The number of hydrazone groups is 1. The first-order valence-corrected chi connectivity index (χ1v) is 9.32. The van der Waals surface area contributed by atoms with Crippen LogP contribution in [0.1, 0.15) is 31.7 Å². The molecule has 7 heteroatoms. The van der Waals surface area contributed by atoms with Crippen molar-refractivity contribution in [2.45, 2.75) is 26.2 Å². The Hall–Kier alpha value is -1.75. The highest BCUT2D eigenvalue weighted by Gasteiger charge is 2.06. The molecule has 0 bridgehead atoms. The Morgan fingerprint density at radius 1 is 1.12 bits per heavy atom. The first-order valence-electron chi connectivity index (χ1n) is 8.18. The monoisotopic (exact) mass is 412 g/mol. The predicted octanol–water partition coefficient (Wildman–Crippen LogP) is 5.74. The molecule has 0 spiro atoms. The Balaban J connectivity index is 1.79. The molecule has 0 atom stereocenters. The molecule has 2 aromatic rings. The lowest BCUT2D eigenvalue weighted by molar-refractivity contribution is -0.121. The summed E-state index contributed by atoms with van der Waals surface area (Å²) in [6.07, 6.45) is 1.51. The van der Waals surface area contributed by atoms with E-state index >= 15 is 0 Å². The van der Waals surface area contributed by atoms with Gasteiger partial charge in [0, 0.05) is 16.5 Å². The zero-order chi connectivity index (χ0) is 18.9. The highest BCUT2D eigenvalue weighted by atomic mass is 35.5. The van der Waals surface area contributed by atoms with E-state index < -0.39 is 0 Å². The molecule has 0 unspecified atom stereocenters. The van der Waals surface area contributed by atoms with Crippen LogP contribution < -0.4 is 10.2 Å². The SMILES string of the molecule is CCC(=NNC(=O)CCCOc1ccc(Cl)cc1Cl)c1cccc(Cl)c1. The molecule has 26 heavy (non-hydrogen) atoms. The molecular formula is C19H19Cl3N2O2. The summed E-state index contributed by atoms with van der Waals surface area (Å²) in [5.74, 6) is 0.368. The summed E-state index contributed by atoms with van der Waals surface area (Å²) in [5, 5.41) is 5.82. The maximum absolute atomic E-state index is 11.9. The topological polar surface area (TPSA) is 50.7 Å². The third-order valence-corrected chi connectivity index (χ3v) is 4.27. The van der Waals surface area contributed by atoms with Gasteiger partial charge in [0.25, 0.3) is 0 Å². The van der Waals surface area contributed by atoms with Crippen LogP contribution >= 0.6 is 34.8 Å². The number of halogens is 3. The molecule has 138 valence electrons. The average Bonchev–Trinajstić information content (AvgIpc) is 2.61. The van der Waals surface area contributed by atoms with Crippen molar-refractivity contribution in [2.24, 2.45) is 5.10 Å². The van der Waals surface area contributed by atoms with E-state index in [-0.39, 0.29) is 5.91 Å². The van der Waals surface area contributed by atoms with Gasteiger partial charge in [-0.15, -0.1) is 0 Å². The fourth-order valence-corrected chi connectivity index (χ4v) is 2.86. The van der Waals surface area contributed by atoms with Crippen molar-refractivity contribution in [1.82, 2.24) is 5.43 Å². The summed E-state index contributed by atoms with van der Waals surface area (Å²) >= 11 is 17.8. The van der Waals surface area contributed by atoms with Gasteiger partial charge in [-0.1, -0.05) is 53.9 Å². The number of carbonyl (C=O) groups is 1. The molecule has 0 saturated carbocycles. The van der Waals surface area contributed by atoms with Crippen LogP contribution in [0, 0.1) is 0 Å². The number of rotatable bonds is 8. The maximum Gasteiger partial charge on any atom is 0.240 e. The highest BCUT2D eigenvalue weighted by molar-refractivity contribution is 6.35. The van der Waals surface area contributed by atoms with E-state index in [4.69, 9.17) is 39.5 Å². The smallest absolute Gasteiger partial charge is 0.240 e. The van der Waals surface area contributed by atoms with Crippen LogP contribution in [0.2, 0.25) is 15.1 Å². The van der Waals surface area contributed by atoms with Crippen LogP contribution in [-0.4, -0.2) is 18.2 Å². The molecule has 0 aliphatic heterocycles. The third kappa shape index (κ3) is 6.52. The molecule has 0 saturated heterocycles. The molecule has 0 heterocycles. The van der Waals surface area contributed by atoms with Gasteiger partial charge in [0.2, 0.25) is 5.91 Å². The molecule has 0 aliphatic carbocycles. The van der Waals surface area contributed by atoms with Crippen LogP contribution in [0.5, 0.6) is 5.75 Å². The first kappa shape index (κ1) is 20.6. The number of nitrogens with one attached hydrogen (secondary N) is 1. The second-order valence-corrected chi connectivity index (χ2v) is 6.76. The fraction of sp³-hybridized carbons (Fsp3) is 0.263. The van der Waals surface area contributed by atoms with Crippen LogP contribution in [0.15, 0.2) is 47.6 Å². The van der Waals surface area contributed by atoms with E-state index in [1.165, 1.54) is 0 Å². The Bertz CT molecular complexity index is 794. The van der Waals surface area contributed by atoms with Crippen molar-refractivity contribution < 1.29 is 9.53 Å². The minimum atomic E-state index is -0.177. The van der Waals surface area contributed by atoms with Crippen LogP contribution in [0.3, 0.4) is 0 Å². The number of hydrogen-bond donors (Lipinski definition) is 1. The van der Waals surface area contributed by atoms with Crippen molar-refractivity contribution in [3.8, 4) is 5.75 Å². The Kier molecular flexibility index (Phi) is 8.23. The van der Waals surface area contributed by atoms with Crippen molar-refractivity contribution >= 4 is 46.4 Å². The van der Waals surface area contributed by atoms with Crippen molar-refractivity contribution in [3.63, 3.8) is 0 Å². The normalized spacial score (nSPS) is 11.3. The number of ether oxygens (including phenoxy) is 1. The Morgan fingerprint density at radius 2 is 1.88 bits per heavy atom. The Morgan fingerprint density at radius 3 is 2.58 bits per heavy atom. The summed E-state index contributed by atoms with van der Waals surface area (Å²) in [6, 6.07) is 12.4. The van der Waals surface area contributed by atoms with Gasteiger partial charge in [-0.3, -0.25) is 4.79 Å². The third-order valence-electron chi connectivity index (χ3n) is 3.51. The summed E-state index contributed by atoms with van der Waals surface area (Å²) in [4.78, 5) is 11.9. The minimum absolute atomic E-state index is 0.177. The van der Waals surface area contributed by atoms with E-state index in [0.29, 0.717) is 46.7 Å². The zero-order valence-corrected chi connectivity index (χ0v) is 16.5. The van der Waals surface area contributed by atoms with Gasteiger partial charge in [0.05, 0.1) is 17.3 Å². The summed E-state index contributed by atoms with van der Waals surface area (Å²) < 4.78 is 5.55. The molecule has 0 fully saturated rings. The lowest BCUT2D eigenvalue weighted by Gasteiger charge is -2.08. The van der Waals surface area contributed by atoms with E-state index in [1.54, 1.807) is 24.3 Å². The molecule has 0 aliphatic rings. The number of nitrogens with zero attached hydrogens (tertiary/aromatic N) is 1. The lowest BCUT2D eigenvalue weighted by atomic mass is 10.1. The van der Waals surface area contributed by atoms with Crippen LogP contribution in [0.25, 0.3) is 0 Å². The fourth-order valence-electron chi connectivity index (χ4n) is 2.21. The molecule has 2 aromatic carbocycles. The van der Waals surface area contributed by atoms with E-state index in [1.807, 2.05) is 25.1 Å². The van der Waals surface area contributed by atoms with E-state index in [0.717, 1.165) is 11.3 Å². The molecule has 4 nitrogen and oxygen atoms in total. The van der Waals surface area contributed by atoms with E-state index in [2.05, 4.69) is 10.5 Å². The molecule has 0 aromatic heterocycles. The average molecular weight is 414 g/mol. The van der Waals surface area contributed by atoms with Crippen LogP contribution in [0.4, 0.5) is 0 Å². The van der Waals surface area contributed by atoms with Gasteiger partial charge in [-0.2, -0.15) is 5.10 Å². The standard InChI is InChI=1S/C19H19Cl3N2O2/c1-2-17(13-5-3-6-14(20)11-13)23-24-19(25)7-4-10-26-18-9-8-15(21)12-16(18)22/h3,5-6,8-9,11-12H,2,4,7,10H2,1H3,(H,24,25). The lowest BCUT2D eigenvalue weighted by Crippen LogP contribution is -2.20. The molecular weight excluding hydrogens is 395 g/mol. The summed E-state index contributed by atoms with van der Waals surface area (Å²) in [6.45, 7) is 2.34. The van der Waals surface area contributed by atoms with Gasteiger partial charge < -0.3 is 4.74 Å². The maximum atomic E-state index is 11.9. The van der Waals surface area contributed by atoms with Crippen molar-refractivity contribution in [2.75, 3.05) is 6.61 Å². The van der Waals surface area contributed by atoms with Gasteiger partial charge in [0.1, 0.15) is 5.75 Å². The zero-order valence-electron chi connectivity index (χ0n) is 14.3.